The molecule has 1 amide bonds. The summed E-state index contributed by atoms with van der Waals surface area (Å²) in [5.74, 6) is 0.412. The fourth-order valence-electron chi connectivity index (χ4n) is 1.20. The van der Waals surface area contributed by atoms with Crippen LogP contribution in [0.15, 0.2) is 18.2 Å². The maximum absolute atomic E-state index is 11.2. The van der Waals surface area contributed by atoms with Crippen molar-refractivity contribution in [1.29, 1.82) is 5.26 Å². The predicted octanol–water partition coefficient (Wildman–Crippen LogP) is 1.32. The van der Waals surface area contributed by atoms with Gasteiger partial charge in [0.05, 0.1) is 6.07 Å². The number of aryl methyl sites for hydroxylation is 2. The Kier molecular flexibility index (Phi) is 4.34. The van der Waals surface area contributed by atoms with Gasteiger partial charge in [0.2, 0.25) is 0 Å². The third-order valence-corrected chi connectivity index (χ3v) is 2.07. The molecule has 0 aliphatic rings. The van der Waals surface area contributed by atoms with Crippen LogP contribution in [0.3, 0.4) is 0 Å². The standard InChI is InChI=1S/C12H14N2O2/c1-9-3-4-10(2)11(7-9)16-8-12(15)14-6-5-13/h3-4,7H,6,8H2,1-2H3,(H,14,15). The average molecular weight is 218 g/mol. The number of benzene rings is 1. The molecule has 0 fully saturated rings. The van der Waals surface area contributed by atoms with E-state index in [4.69, 9.17) is 10.00 Å². The summed E-state index contributed by atoms with van der Waals surface area (Å²) in [5.41, 5.74) is 2.07. The summed E-state index contributed by atoms with van der Waals surface area (Å²) in [4.78, 5) is 11.2. The number of nitrogens with zero attached hydrogens (tertiary/aromatic N) is 1. The molecular formula is C12H14N2O2. The zero-order valence-electron chi connectivity index (χ0n) is 9.41. The van der Waals surface area contributed by atoms with Gasteiger partial charge in [-0.2, -0.15) is 5.26 Å². The molecule has 1 rings (SSSR count). The lowest BCUT2D eigenvalue weighted by Crippen LogP contribution is -2.29. The molecule has 0 aromatic heterocycles. The first-order valence-electron chi connectivity index (χ1n) is 4.97. The zero-order chi connectivity index (χ0) is 12.0. The number of amides is 1. The molecule has 1 aromatic carbocycles. The number of nitriles is 1. The maximum atomic E-state index is 11.2. The molecule has 0 spiro atoms. The molecular weight excluding hydrogens is 204 g/mol. The lowest BCUT2D eigenvalue weighted by atomic mass is 10.1. The summed E-state index contributed by atoms with van der Waals surface area (Å²) in [6.07, 6.45) is 0. The first-order chi connectivity index (χ1) is 7.63. The molecule has 1 aromatic rings. The van der Waals surface area contributed by atoms with Crippen LogP contribution in [0.1, 0.15) is 11.1 Å². The highest BCUT2D eigenvalue weighted by Gasteiger charge is 2.04. The fourth-order valence-corrected chi connectivity index (χ4v) is 1.20. The second-order valence-electron chi connectivity index (χ2n) is 3.49. The normalized spacial score (nSPS) is 9.31. The average Bonchev–Trinajstić information content (AvgIpc) is 2.27. The Morgan fingerprint density at radius 1 is 1.50 bits per heavy atom. The van der Waals surface area contributed by atoms with Crippen LogP contribution in [0.5, 0.6) is 5.75 Å². The minimum Gasteiger partial charge on any atom is -0.483 e. The van der Waals surface area contributed by atoms with Gasteiger partial charge in [-0.25, -0.2) is 0 Å². The maximum Gasteiger partial charge on any atom is 0.258 e. The van der Waals surface area contributed by atoms with Gasteiger partial charge in [0, 0.05) is 0 Å². The fraction of sp³-hybridized carbons (Fsp3) is 0.333. The Bertz CT molecular complexity index is 422. The van der Waals surface area contributed by atoms with Crippen LogP contribution >= 0.6 is 0 Å². The van der Waals surface area contributed by atoms with Crippen molar-refractivity contribution in [3.63, 3.8) is 0 Å². The number of ether oxygens (including phenoxy) is 1. The minimum atomic E-state index is -0.289. The molecule has 0 saturated carbocycles. The van der Waals surface area contributed by atoms with E-state index in [0.717, 1.165) is 11.1 Å². The predicted molar refractivity (Wildman–Crippen MR) is 60.0 cm³/mol. The molecule has 4 nitrogen and oxygen atoms in total. The van der Waals surface area contributed by atoms with E-state index < -0.39 is 0 Å². The van der Waals surface area contributed by atoms with E-state index in [9.17, 15) is 4.79 Å². The molecule has 16 heavy (non-hydrogen) atoms. The van der Waals surface area contributed by atoms with E-state index in [-0.39, 0.29) is 19.1 Å². The lowest BCUT2D eigenvalue weighted by Gasteiger charge is -2.09. The summed E-state index contributed by atoms with van der Waals surface area (Å²) < 4.78 is 5.35. The van der Waals surface area contributed by atoms with Crippen LogP contribution < -0.4 is 10.1 Å². The van der Waals surface area contributed by atoms with Gasteiger partial charge in [-0.15, -0.1) is 0 Å². The smallest absolute Gasteiger partial charge is 0.258 e. The molecule has 1 N–H and O–H groups in total. The summed E-state index contributed by atoms with van der Waals surface area (Å²) >= 11 is 0. The summed E-state index contributed by atoms with van der Waals surface area (Å²) in [6.45, 7) is 3.82. The van der Waals surface area contributed by atoms with Crippen LogP contribution in [0.4, 0.5) is 0 Å². The van der Waals surface area contributed by atoms with Gasteiger partial charge in [-0.3, -0.25) is 4.79 Å². The number of carbonyl (C=O) groups excluding carboxylic acids is 1. The Morgan fingerprint density at radius 3 is 2.94 bits per heavy atom. The highest BCUT2D eigenvalue weighted by molar-refractivity contribution is 5.77. The Morgan fingerprint density at radius 2 is 2.25 bits per heavy atom. The minimum absolute atomic E-state index is 0.00892. The van der Waals surface area contributed by atoms with Crippen LogP contribution in [-0.4, -0.2) is 19.1 Å². The van der Waals surface area contributed by atoms with Crippen molar-refractivity contribution in [2.75, 3.05) is 13.2 Å². The Balaban J connectivity index is 2.51. The molecule has 0 saturated heterocycles. The molecule has 0 bridgehead atoms. The first-order valence-corrected chi connectivity index (χ1v) is 4.97. The molecule has 84 valence electrons. The largest absolute Gasteiger partial charge is 0.483 e. The van der Waals surface area contributed by atoms with E-state index in [0.29, 0.717) is 5.75 Å². The second kappa shape index (κ2) is 5.76. The number of nitrogens with one attached hydrogen (secondary N) is 1. The van der Waals surface area contributed by atoms with Crippen molar-refractivity contribution in [2.45, 2.75) is 13.8 Å². The highest BCUT2D eigenvalue weighted by atomic mass is 16.5. The van der Waals surface area contributed by atoms with Crippen molar-refractivity contribution < 1.29 is 9.53 Å². The van der Waals surface area contributed by atoms with Crippen LogP contribution in [0, 0.1) is 25.2 Å². The quantitative estimate of drug-likeness (QED) is 0.775. The summed E-state index contributed by atoms with van der Waals surface area (Å²) in [6, 6.07) is 7.64. The monoisotopic (exact) mass is 218 g/mol. The Labute approximate surface area is 94.8 Å². The van der Waals surface area contributed by atoms with Crippen LogP contribution in [0.2, 0.25) is 0 Å². The Hall–Kier alpha value is -2.02. The molecule has 0 radical (unpaired) electrons. The van der Waals surface area contributed by atoms with Crippen LogP contribution in [0.25, 0.3) is 0 Å². The van der Waals surface area contributed by atoms with Crippen molar-refractivity contribution >= 4 is 5.91 Å². The number of carbonyl (C=O) groups is 1. The van der Waals surface area contributed by atoms with E-state index in [1.807, 2.05) is 38.1 Å². The number of hydrogen-bond donors (Lipinski definition) is 1. The van der Waals surface area contributed by atoms with E-state index in [1.165, 1.54) is 0 Å². The van der Waals surface area contributed by atoms with Crippen molar-refractivity contribution in [1.82, 2.24) is 5.32 Å². The lowest BCUT2D eigenvalue weighted by molar-refractivity contribution is -0.122. The topological polar surface area (TPSA) is 62.1 Å². The SMILES string of the molecule is Cc1ccc(C)c(OCC(=O)NCC#N)c1. The highest BCUT2D eigenvalue weighted by Crippen LogP contribution is 2.18. The molecule has 0 unspecified atom stereocenters. The molecule has 4 heteroatoms. The first kappa shape index (κ1) is 12.1. The number of hydrogen-bond acceptors (Lipinski definition) is 3. The van der Waals surface area contributed by atoms with E-state index in [2.05, 4.69) is 5.32 Å². The third kappa shape index (κ3) is 3.62. The van der Waals surface area contributed by atoms with Crippen molar-refractivity contribution in [3.05, 3.63) is 29.3 Å². The molecule has 0 heterocycles. The molecule has 0 aliphatic heterocycles. The van der Waals surface area contributed by atoms with Crippen molar-refractivity contribution in [2.24, 2.45) is 0 Å². The summed E-state index contributed by atoms with van der Waals surface area (Å²) in [7, 11) is 0. The number of rotatable bonds is 4. The van der Waals surface area contributed by atoms with Gasteiger partial charge in [-0.05, 0) is 31.0 Å². The van der Waals surface area contributed by atoms with Gasteiger partial charge in [0.1, 0.15) is 12.3 Å². The van der Waals surface area contributed by atoms with Gasteiger partial charge in [-0.1, -0.05) is 12.1 Å². The second-order valence-corrected chi connectivity index (χ2v) is 3.49. The third-order valence-electron chi connectivity index (χ3n) is 2.07. The van der Waals surface area contributed by atoms with Gasteiger partial charge in [0.15, 0.2) is 6.61 Å². The summed E-state index contributed by atoms with van der Waals surface area (Å²) in [5, 5.41) is 10.7. The molecule has 0 aliphatic carbocycles. The van der Waals surface area contributed by atoms with E-state index in [1.54, 1.807) is 0 Å². The van der Waals surface area contributed by atoms with Gasteiger partial charge >= 0.3 is 0 Å². The zero-order valence-corrected chi connectivity index (χ0v) is 9.41. The van der Waals surface area contributed by atoms with Crippen LogP contribution in [-0.2, 0) is 4.79 Å². The van der Waals surface area contributed by atoms with Gasteiger partial charge < -0.3 is 10.1 Å². The van der Waals surface area contributed by atoms with Crippen molar-refractivity contribution in [3.8, 4) is 11.8 Å². The molecule has 0 atom stereocenters. The van der Waals surface area contributed by atoms with Gasteiger partial charge in [0.25, 0.3) is 5.91 Å². The van der Waals surface area contributed by atoms with E-state index >= 15 is 0 Å².